The van der Waals surface area contributed by atoms with Gasteiger partial charge in [0.1, 0.15) is 13.6 Å². The smallest absolute Gasteiger partial charge is 0.259 e. The van der Waals surface area contributed by atoms with Gasteiger partial charge in [0.2, 0.25) is 0 Å². The van der Waals surface area contributed by atoms with Gasteiger partial charge in [0.05, 0.1) is 11.4 Å². The number of pyridine rings is 2. The molecule has 2 aromatic rings. The molecule has 2 heterocycles. The van der Waals surface area contributed by atoms with Crippen LogP contribution in [-0.4, -0.2) is 22.5 Å². The van der Waals surface area contributed by atoms with E-state index in [1.54, 1.807) is 26.1 Å². The third-order valence-corrected chi connectivity index (χ3v) is 2.52. The molecule has 0 fully saturated rings. The van der Waals surface area contributed by atoms with Crippen molar-refractivity contribution in [3.63, 3.8) is 0 Å². The summed E-state index contributed by atoms with van der Waals surface area (Å²) in [5, 5.41) is 9.34. The lowest BCUT2D eigenvalue weighted by Crippen LogP contribution is -2.22. The normalized spacial score (nSPS) is 10.5. The number of aryl methyl sites for hydroxylation is 2. The number of nitrogens with zero attached hydrogens (tertiary/aromatic N) is 2. The number of rotatable bonds is 1. The predicted molar refractivity (Wildman–Crippen MR) is 66.4 cm³/mol. The Hall–Kier alpha value is -2.04. The van der Waals surface area contributed by atoms with Crippen molar-refractivity contribution < 1.29 is 5.11 Å². The minimum Gasteiger partial charge on any atom is -0.508 e. The van der Waals surface area contributed by atoms with Gasteiger partial charge in [-0.2, -0.15) is 0 Å². The van der Waals surface area contributed by atoms with Crippen LogP contribution in [0.5, 0.6) is 5.75 Å². The molecule has 1 N–H and O–H groups in total. The zero-order valence-electron chi connectivity index (χ0n) is 9.64. The van der Waals surface area contributed by atoms with Gasteiger partial charge in [-0.25, -0.2) is 0 Å². The number of aromatic nitrogens is 2. The molecule has 17 heavy (non-hydrogen) atoms. The lowest BCUT2D eigenvalue weighted by Gasteiger charge is -2.12. The van der Waals surface area contributed by atoms with Crippen molar-refractivity contribution in [2.24, 2.45) is 0 Å². The second-order valence-electron chi connectivity index (χ2n) is 3.90. The molecule has 0 atom stereocenters. The Balaban J connectivity index is 2.77. The van der Waals surface area contributed by atoms with Gasteiger partial charge in [0, 0.05) is 18.0 Å². The molecule has 0 saturated heterocycles. The van der Waals surface area contributed by atoms with E-state index in [2.05, 4.69) is 4.98 Å². The monoisotopic (exact) mass is 226 g/mol. The Morgan fingerprint density at radius 2 is 2.00 bits per heavy atom. The summed E-state index contributed by atoms with van der Waals surface area (Å²) in [6, 6.07) is 4.37. The van der Waals surface area contributed by atoms with Crippen LogP contribution in [0.1, 0.15) is 11.4 Å². The second-order valence-corrected chi connectivity index (χ2v) is 3.90. The predicted octanol–water partition coefficient (Wildman–Crippen LogP) is 0.349. The Bertz CT molecular complexity index is 635. The fraction of sp³-hybridized carbons (Fsp3) is 0.167. The number of aromatic hydroxyl groups is 1. The van der Waals surface area contributed by atoms with Gasteiger partial charge in [-0.3, -0.25) is 14.3 Å². The summed E-state index contributed by atoms with van der Waals surface area (Å²) in [6.07, 6.45) is 1.54. The molecule has 84 valence electrons. The molecule has 4 nitrogen and oxygen atoms in total. The first kappa shape index (κ1) is 11.5. The molecule has 0 aliphatic carbocycles. The standard InChI is InChI=1S/C12H11BN2O2/c1-7-3-10(16)5-12(17)15(7)11-4-9(13)6-14-8(11)2/h3-6,16H,1-2H3. The molecule has 0 aliphatic heterocycles. The molecule has 0 aliphatic rings. The van der Waals surface area contributed by atoms with Crippen LogP contribution in [0.3, 0.4) is 0 Å². The first-order valence-corrected chi connectivity index (χ1v) is 5.14. The van der Waals surface area contributed by atoms with Crippen LogP contribution in [0.2, 0.25) is 0 Å². The average Bonchev–Trinajstić information content (AvgIpc) is 2.21. The van der Waals surface area contributed by atoms with Crippen LogP contribution < -0.4 is 11.0 Å². The quantitative estimate of drug-likeness (QED) is 0.713. The van der Waals surface area contributed by atoms with E-state index < -0.39 is 0 Å². The Kier molecular flexibility index (Phi) is 2.75. The maximum Gasteiger partial charge on any atom is 0.259 e. The van der Waals surface area contributed by atoms with Crippen LogP contribution in [0.15, 0.2) is 29.2 Å². The highest BCUT2D eigenvalue weighted by Gasteiger charge is 2.08. The molecular formula is C12H11BN2O2. The van der Waals surface area contributed by atoms with E-state index in [0.717, 1.165) is 6.07 Å². The summed E-state index contributed by atoms with van der Waals surface area (Å²) in [6.45, 7) is 3.54. The molecule has 0 amide bonds. The van der Waals surface area contributed by atoms with Crippen molar-refractivity contribution in [3.8, 4) is 11.4 Å². The Morgan fingerprint density at radius 3 is 2.65 bits per heavy atom. The fourth-order valence-electron chi connectivity index (χ4n) is 1.76. The second kappa shape index (κ2) is 4.09. The highest BCUT2D eigenvalue weighted by Crippen LogP contribution is 2.13. The lowest BCUT2D eigenvalue weighted by molar-refractivity contribution is 0.472. The van der Waals surface area contributed by atoms with E-state index in [4.69, 9.17) is 7.85 Å². The van der Waals surface area contributed by atoms with Crippen molar-refractivity contribution in [1.82, 2.24) is 9.55 Å². The molecule has 0 saturated carbocycles. The van der Waals surface area contributed by atoms with Gasteiger partial charge in [-0.05, 0) is 26.0 Å². The van der Waals surface area contributed by atoms with E-state index in [9.17, 15) is 9.90 Å². The topological polar surface area (TPSA) is 55.1 Å². The van der Waals surface area contributed by atoms with Gasteiger partial charge in [-0.15, -0.1) is 0 Å². The van der Waals surface area contributed by atoms with Crippen molar-refractivity contribution >= 4 is 13.3 Å². The first-order valence-electron chi connectivity index (χ1n) is 5.14. The van der Waals surface area contributed by atoms with Crippen molar-refractivity contribution in [2.75, 3.05) is 0 Å². The third kappa shape index (κ3) is 2.09. The molecular weight excluding hydrogens is 215 g/mol. The average molecular weight is 226 g/mol. The third-order valence-electron chi connectivity index (χ3n) is 2.52. The highest BCUT2D eigenvalue weighted by molar-refractivity contribution is 6.32. The van der Waals surface area contributed by atoms with E-state index in [1.807, 2.05) is 0 Å². The maximum atomic E-state index is 11.9. The zero-order valence-corrected chi connectivity index (χ0v) is 9.64. The molecule has 0 unspecified atom stereocenters. The van der Waals surface area contributed by atoms with E-state index in [0.29, 0.717) is 22.5 Å². The van der Waals surface area contributed by atoms with Gasteiger partial charge in [0.25, 0.3) is 5.56 Å². The summed E-state index contributed by atoms with van der Waals surface area (Å²) in [5.74, 6) is -0.0433. The highest BCUT2D eigenvalue weighted by atomic mass is 16.3. The summed E-state index contributed by atoms with van der Waals surface area (Å²) >= 11 is 0. The van der Waals surface area contributed by atoms with Crippen molar-refractivity contribution in [3.05, 3.63) is 46.1 Å². The summed E-state index contributed by atoms with van der Waals surface area (Å²) < 4.78 is 1.47. The number of hydrogen-bond acceptors (Lipinski definition) is 3. The SMILES string of the molecule is [B]c1cnc(C)c(-n2c(C)cc(O)cc2=O)c1. The zero-order chi connectivity index (χ0) is 12.6. The van der Waals surface area contributed by atoms with Crippen LogP contribution >= 0.6 is 0 Å². The molecule has 0 spiro atoms. The van der Waals surface area contributed by atoms with Crippen molar-refractivity contribution in [2.45, 2.75) is 13.8 Å². The van der Waals surface area contributed by atoms with E-state index in [-0.39, 0.29) is 11.3 Å². The molecule has 2 aromatic heterocycles. The molecule has 2 rings (SSSR count). The summed E-state index contributed by atoms with van der Waals surface area (Å²) in [5.41, 5.74) is 2.15. The molecule has 5 heteroatoms. The van der Waals surface area contributed by atoms with Crippen LogP contribution in [0.25, 0.3) is 5.69 Å². The van der Waals surface area contributed by atoms with Crippen LogP contribution in [-0.2, 0) is 0 Å². The largest absolute Gasteiger partial charge is 0.508 e. The van der Waals surface area contributed by atoms with Crippen LogP contribution in [0.4, 0.5) is 0 Å². The Labute approximate surface area is 100.0 Å². The molecule has 0 aromatic carbocycles. The van der Waals surface area contributed by atoms with Gasteiger partial charge in [-0.1, -0.05) is 5.46 Å². The minimum absolute atomic E-state index is 0.0433. The van der Waals surface area contributed by atoms with Gasteiger partial charge < -0.3 is 5.11 Å². The first-order chi connectivity index (χ1) is 7.99. The van der Waals surface area contributed by atoms with Crippen LogP contribution in [0, 0.1) is 13.8 Å². The van der Waals surface area contributed by atoms with E-state index in [1.165, 1.54) is 10.6 Å². The summed E-state index contributed by atoms with van der Waals surface area (Å²) in [4.78, 5) is 16.0. The Morgan fingerprint density at radius 1 is 1.29 bits per heavy atom. The molecule has 0 bridgehead atoms. The number of hydrogen-bond donors (Lipinski definition) is 1. The van der Waals surface area contributed by atoms with Gasteiger partial charge in [0.15, 0.2) is 0 Å². The van der Waals surface area contributed by atoms with Gasteiger partial charge >= 0.3 is 0 Å². The van der Waals surface area contributed by atoms with E-state index >= 15 is 0 Å². The maximum absolute atomic E-state index is 11.9. The minimum atomic E-state index is -0.307. The lowest BCUT2D eigenvalue weighted by atomic mass is 9.98. The van der Waals surface area contributed by atoms with Crippen molar-refractivity contribution in [1.29, 1.82) is 0 Å². The molecule has 2 radical (unpaired) electrons. The summed E-state index contributed by atoms with van der Waals surface area (Å²) in [7, 11) is 5.67. The fourth-order valence-corrected chi connectivity index (χ4v) is 1.76.